The van der Waals surface area contributed by atoms with Crippen LogP contribution in [0.25, 0.3) is 23.0 Å². The van der Waals surface area contributed by atoms with Crippen LogP contribution in [0.3, 0.4) is 0 Å². The number of amides is 1. The van der Waals surface area contributed by atoms with Crippen molar-refractivity contribution in [1.29, 1.82) is 0 Å². The van der Waals surface area contributed by atoms with Gasteiger partial charge in [-0.15, -0.1) is 13.2 Å². The number of rotatable bonds is 5. The zero-order valence-corrected chi connectivity index (χ0v) is 18.5. The summed E-state index contributed by atoms with van der Waals surface area (Å²) in [6, 6.07) is 14.3. The fourth-order valence-corrected chi connectivity index (χ4v) is 3.81. The molecule has 1 aliphatic heterocycles. The van der Waals surface area contributed by atoms with E-state index in [1.165, 1.54) is 24.3 Å². The second-order valence-electron chi connectivity index (χ2n) is 7.88. The highest BCUT2D eigenvalue weighted by molar-refractivity contribution is 5.95. The Balaban J connectivity index is 1.34. The van der Waals surface area contributed by atoms with Crippen molar-refractivity contribution in [3.8, 4) is 34.5 Å². The summed E-state index contributed by atoms with van der Waals surface area (Å²) < 4.78 is 53.7. The predicted octanol–water partition coefficient (Wildman–Crippen LogP) is 4.84. The second kappa shape index (κ2) is 8.82. The normalized spacial score (nSPS) is 13.3. The molecule has 0 aliphatic carbocycles. The van der Waals surface area contributed by atoms with E-state index in [0.717, 1.165) is 11.3 Å². The molecule has 0 radical (unpaired) electrons. The Labute approximate surface area is 197 Å². The fourth-order valence-electron chi connectivity index (χ4n) is 3.81. The number of aryl methyl sites for hydroxylation is 1. The molecule has 2 aromatic heterocycles. The fraction of sp³-hybridized carbons (Fsp3) is 0.208. The zero-order valence-electron chi connectivity index (χ0n) is 18.5. The molecule has 0 bridgehead atoms. The molecule has 1 aliphatic rings. The van der Waals surface area contributed by atoms with Gasteiger partial charge in [0.1, 0.15) is 30.3 Å². The van der Waals surface area contributed by atoms with Gasteiger partial charge in [-0.2, -0.15) is 4.98 Å². The minimum atomic E-state index is -4.77. The van der Waals surface area contributed by atoms with Gasteiger partial charge in [0, 0.05) is 11.8 Å². The van der Waals surface area contributed by atoms with E-state index < -0.39 is 6.36 Å². The third-order valence-electron chi connectivity index (χ3n) is 5.41. The molecule has 5 rings (SSSR count). The van der Waals surface area contributed by atoms with Crippen molar-refractivity contribution in [1.82, 2.24) is 14.7 Å². The lowest BCUT2D eigenvalue weighted by atomic mass is 10.1. The summed E-state index contributed by atoms with van der Waals surface area (Å²) in [6.45, 7) is 2.83. The summed E-state index contributed by atoms with van der Waals surface area (Å²) in [5.41, 5.74) is 2.73. The molecule has 8 nitrogen and oxygen atoms in total. The molecule has 4 aromatic rings. The number of carbonyl (C=O) groups excluding carboxylic acids is 1. The maximum absolute atomic E-state index is 13.2. The molecule has 0 saturated carbocycles. The third-order valence-corrected chi connectivity index (χ3v) is 5.41. The van der Waals surface area contributed by atoms with Gasteiger partial charge in [-0.25, -0.2) is 0 Å². The van der Waals surface area contributed by atoms with E-state index >= 15 is 0 Å². The summed E-state index contributed by atoms with van der Waals surface area (Å²) in [6.07, 6.45) is -3.04. The van der Waals surface area contributed by atoms with Crippen LogP contribution in [-0.2, 0) is 11.3 Å². The summed E-state index contributed by atoms with van der Waals surface area (Å²) in [7, 11) is 0. The number of carbonyl (C=O) groups is 1. The highest BCUT2D eigenvalue weighted by Gasteiger charge is 2.31. The van der Waals surface area contributed by atoms with Gasteiger partial charge in [-0.1, -0.05) is 11.2 Å². The van der Waals surface area contributed by atoms with Crippen LogP contribution in [0, 0.1) is 6.92 Å². The minimum Gasteiger partial charge on any atom is -0.490 e. The molecule has 11 heteroatoms. The molecular weight excluding hydrogens is 465 g/mol. The van der Waals surface area contributed by atoms with Crippen LogP contribution in [0.1, 0.15) is 5.56 Å². The Morgan fingerprint density at radius 2 is 1.94 bits per heavy atom. The van der Waals surface area contributed by atoms with Crippen molar-refractivity contribution < 1.29 is 32.0 Å². The molecule has 0 spiro atoms. The van der Waals surface area contributed by atoms with Gasteiger partial charge in [0.25, 0.3) is 5.89 Å². The monoisotopic (exact) mass is 484 g/mol. The predicted molar refractivity (Wildman–Crippen MR) is 119 cm³/mol. The van der Waals surface area contributed by atoms with Crippen molar-refractivity contribution in [3.63, 3.8) is 0 Å². The van der Waals surface area contributed by atoms with E-state index in [9.17, 15) is 18.0 Å². The van der Waals surface area contributed by atoms with Gasteiger partial charge in [0.05, 0.1) is 12.2 Å². The van der Waals surface area contributed by atoms with Crippen molar-refractivity contribution >= 4 is 11.6 Å². The summed E-state index contributed by atoms with van der Waals surface area (Å²) in [4.78, 5) is 19.2. The molecule has 0 fully saturated rings. The molecule has 35 heavy (non-hydrogen) atoms. The number of hydrogen-bond donors (Lipinski definition) is 0. The Hall–Kier alpha value is -4.28. The van der Waals surface area contributed by atoms with E-state index in [2.05, 4.69) is 14.9 Å². The van der Waals surface area contributed by atoms with Crippen LogP contribution in [0.15, 0.2) is 65.3 Å². The lowest BCUT2D eigenvalue weighted by Gasteiger charge is -2.30. The maximum atomic E-state index is 13.2. The topological polar surface area (TPSA) is 82.6 Å². The van der Waals surface area contributed by atoms with Gasteiger partial charge in [0.2, 0.25) is 11.7 Å². The number of anilines is 1. The van der Waals surface area contributed by atoms with Crippen molar-refractivity contribution in [2.75, 3.05) is 18.1 Å². The average Bonchev–Trinajstić information content (AvgIpc) is 3.47. The van der Waals surface area contributed by atoms with Crippen molar-refractivity contribution in [3.05, 3.63) is 66.4 Å². The highest BCUT2D eigenvalue weighted by Crippen LogP contribution is 2.33. The summed E-state index contributed by atoms with van der Waals surface area (Å²) in [5, 5.41) is 3.92. The second-order valence-corrected chi connectivity index (χ2v) is 7.88. The zero-order chi connectivity index (χ0) is 24.6. The SMILES string of the molecule is Cc1ccc2c(c1)N(C(=O)Cn1cccc1-c1nc(-c3ccc(OC(F)(F)F)cc3)no1)CCO2. The first-order valence-corrected chi connectivity index (χ1v) is 10.7. The first kappa shape index (κ1) is 22.5. The Morgan fingerprint density at radius 1 is 1.14 bits per heavy atom. The molecule has 0 unspecified atom stereocenters. The third kappa shape index (κ3) is 4.84. The van der Waals surface area contributed by atoms with Gasteiger partial charge in [0.15, 0.2) is 0 Å². The van der Waals surface area contributed by atoms with E-state index in [1.54, 1.807) is 27.8 Å². The molecule has 1 amide bonds. The van der Waals surface area contributed by atoms with E-state index in [1.807, 2.05) is 25.1 Å². The first-order chi connectivity index (χ1) is 16.8. The Bertz CT molecular complexity index is 1360. The van der Waals surface area contributed by atoms with E-state index in [-0.39, 0.29) is 29.9 Å². The number of alkyl halides is 3. The molecule has 180 valence electrons. The Morgan fingerprint density at radius 3 is 2.71 bits per heavy atom. The van der Waals surface area contributed by atoms with Crippen LogP contribution in [0.5, 0.6) is 11.5 Å². The summed E-state index contributed by atoms with van der Waals surface area (Å²) in [5.74, 6) is 0.549. The highest BCUT2D eigenvalue weighted by atomic mass is 19.4. The number of aromatic nitrogens is 3. The van der Waals surface area contributed by atoms with Crippen LogP contribution in [0.2, 0.25) is 0 Å². The van der Waals surface area contributed by atoms with Crippen LogP contribution in [-0.4, -0.2) is 40.1 Å². The number of nitrogens with zero attached hydrogens (tertiary/aromatic N) is 4. The van der Waals surface area contributed by atoms with Crippen LogP contribution < -0.4 is 14.4 Å². The average molecular weight is 484 g/mol. The van der Waals surface area contributed by atoms with E-state index in [0.29, 0.717) is 30.2 Å². The van der Waals surface area contributed by atoms with Gasteiger partial charge >= 0.3 is 6.36 Å². The minimum absolute atomic E-state index is 0.0386. The molecule has 0 saturated heterocycles. The first-order valence-electron chi connectivity index (χ1n) is 10.7. The van der Waals surface area contributed by atoms with Gasteiger partial charge in [-0.05, 0) is 61.0 Å². The van der Waals surface area contributed by atoms with Crippen LogP contribution in [0.4, 0.5) is 18.9 Å². The lowest BCUT2D eigenvalue weighted by Crippen LogP contribution is -2.39. The largest absolute Gasteiger partial charge is 0.573 e. The molecule has 0 N–H and O–H groups in total. The standard InChI is InChI=1S/C24H19F3N4O4/c1-15-4-9-20-19(13-15)31(11-12-33-20)21(32)14-30-10-2-3-18(30)23-28-22(29-35-23)16-5-7-17(8-6-16)34-24(25,26)27/h2-10,13H,11-12,14H2,1H3. The van der Waals surface area contributed by atoms with Gasteiger partial charge < -0.3 is 23.5 Å². The molecular formula is C24H19F3N4O4. The van der Waals surface area contributed by atoms with E-state index in [4.69, 9.17) is 9.26 Å². The molecule has 3 heterocycles. The number of halogens is 3. The quantitative estimate of drug-likeness (QED) is 0.403. The molecule has 0 atom stereocenters. The number of hydrogen-bond acceptors (Lipinski definition) is 6. The maximum Gasteiger partial charge on any atom is 0.573 e. The molecule has 2 aromatic carbocycles. The van der Waals surface area contributed by atoms with Gasteiger partial charge in [-0.3, -0.25) is 4.79 Å². The lowest BCUT2D eigenvalue weighted by molar-refractivity contribution is -0.274. The number of ether oxygens (including phenoxy) is 2. The van der Waals surface area contributed by atoms with Crippen LogP contribution >= 0.6 is 0 Å². The smallest absolute Gasteiger partial charge is 0.490 e. The van der Waals surface area contributed by atoms with Crippen molar-refractivity contribution in [2.24, 2.45) is 0 Å². The van der Waals surface area contributed by atoms with Crippen molar-refractivity contribution in [2.45, 2.75) is 19.8 Å². The number of fused-ring (bicyclic) bond motifs is 1. The Kier molecular flexibility index (Phi) is 5.67. The summed E-state index contributed by atoms with van der Waals surface area (Å²) >= 11 is 0. The number of benzene rings is 2.